The Morgan fingerprint density at radius 1 is 1.56 bits per heavy atom. The van der Waals surface area contributed by atoms with Gasteiger partial charge in [-0.05, 0) is 6.07 Å². The maximum Gasteiger partial charge on any atom is 0.145 e. The molecular formula is C6H13N3. The van der Waals surface area contributed by atoms with Crippen molar-refractivity contribution in [2.45, 2.75) is 13.8 Å². The maximum absolute atomic E-state index is 5.25. The maximum atomic E-state index is 5.25. The van der Waals surface area contributed by atoms with Gasteiger partial charge in [0.15, 0.2) is 0 Å². The molecule has 0 saturated carbocycles. The second kappa shape index (κ2) is 3.95. The molecule has 0 unspecified atom stereocenters. The molecule has 3 nitrogen and oxygen atoms in total. The number of nitrogen functional groups attached to an aromatic ring is 1. The number of nitrogens with two attached hydrogens (primary N) is 1. The number of aryl methyl sites for hydroxylation is 1. The molecule has 2 N–H and O–H groups in total. The van der Waals surface area contributed by atoms with E-state index >= 15 is 0 Å². The van der Waals surface area contributed by atoms with Gasteiger partial charge in [-0.25, -0.2) is 0 Å². The minimum atomic E-state index is 0.572. The van der Waals surface area contributed by atoms with Gasteiger partial charge in [0.2, 0.25) is 0 Å². The Morgan fingerprint density at radius 2 is 2.11 bits per heavy atom. The Balaban J connectivity index is 0.000000291. The van der Waals surface area contributed by atoms with Crippen LogP contribution < -0.4 is 5.73 Å². The number of anilines is 1. The van der Waals surface area contributed by atoms with Gasteiger partial charge in [0.1, 0.15) is 5.82 Å². The van der Waals surface area contributed by atoms with E-state index in [0.29, 0.717) is 5.82 Å². The molecule has 1 aromatic rings. The molecule has 1 heterocycles. The third-order valence-electron chi connectivity index (χ3n) is 0.734. The van der Waals surface area contributed by atoms with Crippen molar-refractivity contribution in [2.24, 2.45) is 7.05 Å². The van der Waals surface area contributed by atoms with Gasteiger partial charge in [-0.3, -0.25) is 4.68 Å². The van der Waals surface area contributed by atoms with E-state index in [1.807, 2.05) is 20.9 Å². The summed E-state index contributed by atoms with van der Waals surface area (Å²) < 4.78 is 1.66. The zero-order valence-corrected chi connectivity index (χ0v) is 6.13. The molecule has 1 aromatic heterocycles. The van der Waals surface area contributed by atoms with Crippen LogP contribution in [0.4, 0.5) is 5.82 Å². The summed E-state index contributed by atoms with van der Waals surface area (Å²) in [5.74, 6) is 0.572. The van der Waals surface area contributed by atoms with Crippen LogP contribution in [0.2, 0.25) is 0 Å². The van der Waals surface area contributed by atoms with E-state index in [2.05, 4.69) is 5.10 Å². The number of hydrogen-bond donors (Lipinski definition) is 1. The third-order valence-corrected chi connectivity index (χ3v) is 0.734. The van der Waals surface area contributed by atoms with Gasteiger partial charge in [0.25, 0.3) is 0 Å². The first-order valence-electron chi connectivity index (χ1n) is 3.04. The van der Waals surface area contributed by atoms with Crippen molar-refractivity contribution >= 4 is 5.82 Å². The van der Waals surface area contributed by atoms with Crippen molar-refractivity contribution in [3.05, 3.63) is 12.3 Å². The van der Waals surface area contributed by atoms with Gasteiger partial charge >= 0.3 is 0 Å². The van der Waals surface area contributed by atoms with Crippen LogP contribution in [0.15, 0.2) is 12.3 Å². The summed E-state index contributed by atoms with van der Waals surface area (Å²) in [6, 6.07) is 1.75. The van der Waals surface area contributed by atoms with Crippen molar-refractivity contribution in [1.82, 2.24) is 9.78 Å². The molecule has 0 radical (unpaired) electrons. The van der Waals surface area contributed by atoms with Crippen molar-refractivity contribution in [3.8, 4) is 0 Å². The van der Waals surface area contributed by atoms with Gasteiger partial charge in [-0.15, -0.1) is 0 Å². The molecule has 0 amide bonds. The topological polar surface area (TPSA) is 43.8 Å². The minimum Gasteiger partial charge on any atom is -0.382 e. The van der Waals surface area contributed by atoms with Crippen LogP contribution in [0.3, 0.4) is 0 Å². The molecule has 3 heteroatoms. The molecule has 0 aliphatic heterocycles. The number of aromatic nitrogens is 2. The fourth-order valence-corrected chi connectivity index (χ4v) is 0.433. The van der Waals surface area contributed by atoms with E-state index < -0.39 is 0 Å². The smallest absolute Gasteiger partial charge is 0.145 e. The molecule has 0 aliphatic rings. The molecule has 0 fully saturated rings. The number of rotatable bonds is 0. The molecular weight excluding hydrogens is 114 g/mol. The highest BCUT2D eigenvalue weighted by Gasteiger charge is 1.82. The van der Waals surface area contributed by atoms with E-state index in [1.54, 1.807) is 16.9 Å². The Morgan fingerprint density at radius 3 is 2.22 bits per heavy atom. The summed E-state index contributed by atoms with van der Waals surface area (Å²) in [7, 11) is 1.83. The molecule has 0 aromatic carbocycles. The standard InChI is InChI=1S/C4H7N3.C2H6/c1-7-3-2-4(5)6-7;1-2/h2-3H,1H3,(H2,5,6);1-2H3. The summed E-state index contributed by atoms with van der Waals surface area (Å²) in [5.41, 5.74) is 5.25. The highest BCUT2D eigenvalue weighted by molar-refractivity contribution is 5.23. The minimum absolute atomic E-state index is 0.572. The SMILES string of the molecule is CC.Cn1ccc(N)n1. The van der Waals surface area contributed by atoms with E-state index in [4.69, 9.17) is 5.73 Å². The Bertz CT molecular complexity index is 141. The van der Waals surface area contributed by atoms with Gasteiger partial charge in [-0.1, -0.05) is 13.8 Å². The van der Waals surface area contributed by atoms with E-state index in [1.165, 1.54) is 0 Å². The second-order valence-electron chi connectivity index (χ2n) is 1.41. The van der Waals surface area contributed by atoms with Gasteiger partial charge in [0, 0.05) is 13.2 Å². The summed E-state index contributed by atoms with van der Waals surface area (Å²) >= 11 is 0. The number of nitrogens with zero attached hydrogens (tertiary/aromatic N) is 2. The van der Waals surface area contributed by atoms with E-state index in [-0.39, 0.29) is 0 Å². The summed E-state index contributed by atoms with van der Waals surface area (Å²) in [6.45, 7) is 4.00. The van der Waals surface area contributed by atoms with Crippen molar-refractivity contribution in [2.75, 3.05) is 5.73 Å². The zero-order valence-electron chi connectivity index (χ0n) is 6.13. The lowest BCUT2D eigenvalue weighted by molar-refractivity contribution is 0.772. The molecule has 1 rings (SSSR count). The quantitative estimate of drug-likeness (QED) is 0.565. The fraction of sp³-hybridized carbons (Fsp3) is 0.500. The molecule has 0 atom stereocenters. The van der Waals surface area contributed by atoms with Crippen LogP contribution in [-0.2, 0) is 7.05 Å². The molecule has 0 aliphatic carbocycles. The summed E-state index contributed by atoms with van der Waals surface area (Å²) in [4.78, 5) is 0. The summed E-state index contributed by atoms with van der Waals surface area (Å²) in [6.07, 6.45) is 1.80. The predicted octanol–water partition coefficient (Wildman–Crippen LogP) is 1.03. The monoisotopic (exact) mass is 127 g/mol. The Hall–Kier alpha value is -0.990. The lowest BCUT2D eigenvalue weighted by atomic mass is 10.7. The number of hydrogen-bond acceptors (Lipinski definition) is 2. The molecule has 9 heavy (non-hydrogen) atoms. The largest absolute Gasteiger partial charge is 0.382 e. The second-order valence-corrected chi connectivity index (χ2v) is 1.41. The Labute approximate surface area is 55.5 Å². The van der Waals surface area contributed by atoms with Gasteiger partial charge < -0.3 is 5.73 Å². The van der Waals surface area contributed by atoms with Gasteiger partial charge in [-0.2, -0.15) is 5.10 Å². The normalized spacial score (nSPS) is 7.89. The van der Waals surface area contributed by atoms with E-state index in [0.717, 1.165) is 0 Å². The Kier molecular flexibility index (Phi) is 3.51. The van der Waals surface area contributed by atoms with Crippen molar-refractivity contribution in [3.63, 3.8) is 0 Å². The molecule has 0 bridgehead atoms. The van der Waals surface area contributed by atoms with Crippen LogP contribution >= 0.6 is 0 Å². The molecule has 0 saturated heterocycles. The average Bonchev–Trinajstić information content (AvgIpc) is 2.20. The average molecular weight is 127 g/mol. The van der Waals surface area contributed by atoms with Gasteiger partial charge in [0.05, 0.1) is 0 Å². The van der Waals surface area contributed by atoms with E-state index in [9.17, 15) is 0 Å². The zero-order chi connectivity index (χ0) is 7.28. The van der Waals surface area contributed by atoms with Crippen LogP contribution in [0.5, 0.6) is 0 Å². The van der Waals surface area contributed by atoms with Crippen LogP contribution in [0, 0.1) is 0 Å². The van der Waals surface area contributed by atoms with Crippen LogP contribution in [-0.4, -0.2) is 9.78 Å². The highest BCUT2D eigenvalue weighted by atomic mass is 15.3. The van der Waals surface area contributed by atoms with Crippen LogP contribution in [0.1, 0.15) is 13.8 Å². The lowest BCUT2D eigenvalue weighted by Gasteiger charge is -1.79. The first kappa shape index (κ1) is 8.01. The predicted molar refractivity (Wildman–Crippen MR) is 39.0 cm³/mol. The molecule has 52 valence electrons. The first-order valence-corrected chi connectivity index (χ1v) is 3.04. The lowest BCUT2D eigenvalue weighted by Crippen LogP contribution is -1.89. The van der Waals surface area contributed by atoms with Crippen LogP contribution in [0.25, 0.3) is 0 Å². The van der Waals surface area contributed by atoms with Crippen molar-refractivity contribution < 1.29 is 0 Å². The fourth-order valence-electron chi connectivity index (χ4n) is 0.433. The first-order chi connectivity index (χ1) is 4.29. The molecule has 0 spiro atoms. The van der Waals surface area contributed by atoms with Crippen molar-refractivity contribution in [1.29, 1.82) is 0 Å². The highest BCUT2D eigenvalue weighted by Crippen LogP contribution is 1.90. The third kappa shape index (κ3) is 2.74. The summed E-state index contributed by atoms with van der Waals surface area (Å²) in [5, 5.41) is 3.81.